The van der Waals surface area contributed by atoms with Crippen LogP contribution in [0.15, 0.2) is 85.1 Å². The number of allylic oxidation sites excluding steroid dienone is 13. The van der Waals surface area contributed by atoms with Crippen LogP contribution in [-0.2, 0) is 19.1 Å². The Bertz CT molecular complexity index is 1390. The van der Waals surface area contributed by atoms with E-state index in [4.69, 9.17) is 4.18 Å². The quantitative estimate of drug-likeness (QED) is 0.0361. The first kappa shape index (κ1) is 58.5. The molecule has 63 heavy (non-hydrogen) atoms. The van der Waals surface area contributed by atoms with E-state index in [9.17, 15) is 18.3 Å². The average molecular weight is 896 g/mol. The van der Waals surface area contributed by atoms with E-state index in [1.807, 2.05) is 6.08 Å². The minimum absolute atomic E-state index is 0.261. The number of hydrogen-bond acceptors (Lipinski definition) is 5. The first-order valence-corrected chi connectivity index (χ1v) is 27.6. The number of hydrogen-bond donors (Lipinski definition) is 2. The fraction of sp³-hybridized carbons (Fsp3) is 0.732. The van der Waals surface area contributed by atoms with Crippen LogP contribution in [-0.4, -0.2) is 37.0 Å². The van der Waals surface area contributed by atoms with Gasteiger partial charge >= 0.3 is 0 Å². The van der Waals surface area contributed by atoms with Crippen molar-refractivity contribution in [2.45, 2.75) is 251 Å². The second-order valence-corrected chi connectivity index (χ2v) is 20.0. The normalized spacial score (nSPS) is 17.4. The van der Waals surface area contributed by atoms with Gasteiger partial charge in [-0.1, -0.05) is 235 Å². The van der Waals surface area contributed by atoms with Gasteiger partial charge in [-0.3, -0.25) is 4.79 Å². The summed E-state index contributed by atoms with van der Waals surface area (Å²) >= 11 is 0. The number of rotatable bonds is 44. The smallest absolute Gasteiger partial charge is 0.299 e. The van der Waals surface area contributed by atoms with E-state index in [1.165, 1.54) is 128 Å². The van der Waals surface area contributed by atoms with E-state index in [-0.39, 0.29) is 12.3 Å². The highest BCUT2D eigenvalue weighted by Gasteiger charge is 2.54. The Morgan fingerprint density at radius 3 is 1.27 bits per heavy atom. The van der Waals surface area contributed by atoms with Gasteiger partial charge in [0.15, 0.2) is 0 Å². The predicted molar refractivity (Wildman–Crippen MR) is 273 cm³/mol. The first-order valence-electron chi connectivity index (χ1n) is 26.2. The zero-order valence-electron chi connectivity index (χ0n) is 41.1. The minimum atomic E-state index is -3.70. The third kappa shape index (κ3) is 37.4. The van der Waals surface area contributed by atoms with E-state index in [2.05, 4.69) is 106 Å². The number of aliphatic hydroxyl groups is 1. The molecule has 0 aromatic heterocycles. The van der Waals surface area contributed by atoms with Crippen molar-refractivity contribution < 1.29 is 22.5 Å². The number of carbonyl (C=O) groups excluding carboxylic acids is 1. The Kier molecular flexibility index (Phi) is 39.2. The Morgan fingerprint density at radius 2 is 0.841 bits per heavy atom. The van der Waals surface area contributed by atoms with Gasteiger partial charge < -0.3 is 10.4 Å². The SMILES string of the molecule is CC[C@@H](C)CCCCCCCCCC/C=C/[C@H](O)[C@H](NC(=O)CCC/C=C\CC/C=C\C/C=C\C/C=C\C/C=C\C/C=C\CCCCCCCCCCC[C@@H](C)CC)C1OS1(=O)=O. The third-order valence-electron chi connectivity index (χ3n) is 12.4. The van der Waals surface area contributed by atoms with Crippen LogP contribution < -0.4 is 5.32 Å². The van der Waals surface area contributed by atoms with E-state index in [1.54, 1.807) is 6.08 Å². The van der Waals surface area contributed by atoms with Gasteiger partial charge in [0.2, 0.25) is 11.3 Å². The molecule has 0 aliphatic carbocycles. The lowest BCUT2D eigenvalue weighted by molar-refractivity contribution is -0.122. The van der Waals surface area contributed by atoms with Crippen molar-refractivity contribution in [2.24, 2.45) is 11.8 Å². The van der Waals surface area contributed by atoms with Crippen LogP contribution in [0.1, 0.15) is 233 Å². The molecule has 1 fully saturated rings. The van der Waals surface area contributed by atoms with Crippen molar-refractivity contribution in [3.05, 3.63) is 85.1 Å². The maximum absolute atomic E-state index is 12.6. The molecule has 1 unspecified atom stereocenters. The van der Waals surface area contributed by atoms with Crippen LogP contribution in [0.25, 0.3) is 0 Å². The van der Waals surface area contributed by atoms with Crippen molar-refractivity contribution in [1.82, 2.24) is 5.32 Å². The van der Waals surface area contributed by atoms with Crippen molar-refractivity contribution in [3.8, 4) is 0 Å². The summed E-state index contributed by atoms with van der Waals surface area (Å²) in [5.74, 6) is 1.49. The summed E-state index contributed by atoms with van der Waals surface area (Å²) in [6, 6.07) is -0.999. The average Bonchev–Trinajstić information content (AvgIpc) is 3.92. The molecule has 1 amide bonds. The second-order valence-electron chi connectivity index (χ2n) is 18.4. The molecule has 0 aromatic rings. The molecule has 1 heterocycles. The molecular formula is C56H97NO5S. The maximum atomic E-state index is 12.6. The number of amides is 1. The summed E-state index contributed by atoms with van der Waals surface area (Å²) < 4.78 is 28.6. The van der Waals surface area contributed by atoms with Crippen LogP contribution in [0.4, 0.5) is 0 Å². The molecule has 0 radical (unpaired) electrons. The van der Waals surface area contributed by atoms with Gasteiger partial charge in [-0.2, -0.15) is 8.42 Å². The van der Waals surface area contributed by atoms with Crippen molar-refractivity contribution in [3.63, 3.8) is 0 Å². The fourth-order valence-corrected chi connectivity index (χ4v) is 8.74. The van der Waals surface area contributed by atoms with Crippen LogP contribution in [0.3, 0.4) is 0 Å². The number of nitrogens with one attached hydrogen (secondary N) is 1. The lowest BCUT2D eigenvalue weighted by Gasteiger charge is -2.18. The van der Waals surface area contributed by atoms with E-state index in [0.717, 1.165) is 76.0 Å². The summed E-state index contributed by atoms with van der Waals surface area (Å²) in [5, 5.41) is 13.4. The molecule has 0 spiro atoms. The highest BCUT2D eigenvalue weighted by atomic mass is 32.2. The summed E-state index contributed by atoms with van der Waals surface area (Å²) in [4.78, 5) is 12.6. The molecule has 0 aromatic carbocycles. The van der Waals surface area contributed by atoms with Gasteiger partial charge in [0.05, 0.1) is 6.10 Å². The summed E-state index contributed by atoms with van der Waals surface area (Å²) in [5.41, 5.74) is -1.19. The fourth-order valence-electron chi connectivity index (χ4n) is 7.62. The van der Waals surface area contributed by atoms with Crippen molar-refractivity contribution in [1.29, 1.82) is 0 Å². The zero-order chi connectivity index (χ0) is 45.9. The van der Waals surface area contributed by atoms with Gasteiger partial charge in [0, 0.05) is 6.42 Å². The monoisotopic (exact) mass is 896 g/mol. The Hall–Kier alpha value is -2.48. The summed E-state index contributed by atoms with van der Waals surface area (Å²) in [7, 11) is -3.70. The molecule has 0 bridgehead atoms. The van der Waals surface area contributed by atoms with Gasteiger partial charge in [-0.25, -0.2) is 4.18 Å². The van der Waals surface area contributed by atoms with Crippen LogP contribution in [0.5, 0.6) is 0 Å². The Balaban J connectivity index is 2.02. The zero-order valence-corrected chi connectivity index (χ0v) is 41.9. The molecule has 6 nitrogen and oxygen atoms in total. The largest absolute Gasteiger partial charge is 0.387 e. The predicted octanol–water partition coefficient (Wildman–Crippen LogP) is 16.2. The number of unbranched alkanes of at least 4 members (excludes halogenated alkanes) is 19. The molecule has 1 rings (SSSR count). The van der Waals surface area contributed by atoms with E-state index in [0.29, 0.717) is 6.42 Å². The Morgan fingerprint density at radius 1 is 0.508 bits per heavy atom. The number of carbonyl (C=O) groups is 1. The highest BCUT2D eigenvalue weighted by Crippen LogP contribution is 2.30. The summed E-state index contributed by atoms with van der Waals surface area (Å²) in [6.45, 7) is 9.29. The second kappa shape index (κ2) is 42.2. The highest BCUT2D eigenvalue weighted by molar-refractivity contribution is 7.92. The number of aliphatic hydroxyl groups excluding tert-OH is 1. The lowest BCUT2D eigenvalue weighted by Crippen LogP contribution is -2.46. The van der Waals surface area contributed by atoms with Crippen molar-refractivity contribution >= 4 is 16.0 Å². The van der Waals surface area contributed by atoms with E-state index < -0.39 is 27.7 Å². The standard InChI is InChI=1S/C56H97NO5S/c1-5-51(3)47-43-39-35-31-27-25-23-21-19-17-15-13-11-9-7-8-10-12-14-16-18-20-22-24-26-28-34-38-42-46-50-54(59)57-55(56-62-63(56,60)61)53(58)49-45-41-37-33-30-29-32-36-40-44-48-52(4)6-2/h7,9-10,12-13,15-16,18,22,24,34,38,45,49,51-53,55-56,58H,5-6,8,11,14,17,19-21,23,25-33,35-37,39-44,46-48,50H2,1-4H3,(H,57,59)/b9-7-,12-10-,15-13-,18-16-,24-22-,38-34-,49-45+/t51-,52+,53-,55-,56?/m0/s1. The molecule has 5 atom stereocenters. The van der Waals surface area contributed by atoms with Gasteiger partial charge in [0.1, 0.15) is 6.04 Å². The van der Waals surface area contributed by atoms with E-state index >= 15 is 0 Å². The van der Waals surface area contributed by atoms with Gasteiger partial charge in [0.25, 0.3) is 10.1 Å². The van der Waals surface area contributed by atoms with Gasteiger partial charge in [-0.15, -0.1) is 0 Å². The molecule has 1 aliphatic heterocycles. The lowest BCUT2D eigenvalue weighted by atomic mass is 9.99. The molecule has 0 saturated carbocycles. The molecule has 1 aliphatic rings. The maximum Gasteiger partial charge on any atom is 0.299 e. The van der Waals surface area contributed by atoms with Crippen LogP contribution in [0, 0.1) is 11.8 Å². The molecule has 2 N–H and O–H groups in total. The molecule has 7 heteroatoms. The van der Waals surface area contributed by atoms with Crippen molar-refractivity contribution in [2.75, 3.05) is 0 Å². The van der Waals surface area contributed by atoms with Gasteiger partial charge in [-0.05, 0) is 88.9 Å². The van der Waals surface area contributed by atoms with Crippen LogP contribution in [0.2, 0.25) is 0 Å². The minimum Gasteiger partial charge on any atom is -0.387 e. The molecular weight excluding hydrogens is 799 g/mol. The summed E-state index contributed by atoms with van der Waals surface area (Å²) in [6.07, 6.45) is 66.7. The topological polar surface area (TPSA) is 96.0 Å². The molecule has 362 valence electrons. The Labute approximate surface area is 389 Å². The van der Waals surface area contributed by atoms with Crippen LogP contribution >= 0.6 is 0 Å². The first-order chi connectivity index (χ1) is 30.7. The molecule has 1 saturated heterocycles. The third-order valence-corrected chi connectivity index (χ3v) is 13.7.